The van der Waals surface area contributed by atoms with Gasteiger partial charge in [0, 0.05) is 11.4 Å². The molecule has 0 fully saturated rings. The van der Waals surface area contributed by atoms with Crippen molar-refractivity contribution in [2.45, 2.75) is 19.8 Å². The largest absolute Gasteiger partial charge is 0.351 e. The third-order valence-corrected chi connectivity index (χ3v) is 2.83. The first-order valence-electron chi connectivity index (χ1n) is 5.21. The fourth-order valence-electron chi connectivity index (χ4n) is 1.14. The lowest BCUT2D eigenvalue weighted by Crippen LogP contribution is -2.25. The highest BCUT2D eigenvalue weighted by Gasteiger charge is 2.07. The maximum atomic E-state index is 11.6. The molecule has 1 amide bonds. The molecule has 0 radical (unpaired) electrons. The molecule has 0 atom stereocenters. The predicted octanol–water partition coefficient (Wildman–Crippen LogP) is 2.57. The molecule has 0 saturated carbocycles. The lowest BCUT2D eigenvalue weighted by Gasteiger charge is -2.01. The molecule has 0 spiro atoms. The summed E-state index contributed by atoms with van der Waals surface area (Å²) in [6.07, 6.45) is 3.58. The Kier molecular flexibility index (Phi) is 5.30. The van der Waals surface area contributed by atoms with E-state index >= 15 is 0 Å². The SMILES string of the molecule is CCCCNC(=O)C(C#N)=Cc1cccs1. The zero-order chi connectivity index (χ0) is 11.8. The van der Waals surface area contributed by atoms with Crippen LogP contribution in [0, 0.1) is 11.3 Å². The number of thiophene rings is 1. The fourth-order valence-corrected chi connectivity index (χ4v) is 1.80. The maximum Gasteiger partial charge on any atom is 0.261 e. The van der Waals surface area contributed by atoms with Gasteiger partial charge in [-0.05, 0) is 23.9 Å². The highest BCUT2D eigenvalue weighted by Crippen LogP contribution is 2.13. The third kappa shape index (κ3) is 3.87. The van der Waals surface area contributed by atoms with Gasteiger partial charge in [-0.15, -0.1) is 11.3 Å². The molecule has 84 valence electrons. The Balaban J connectivity index is 2.61. The molecule has 0 aliphatic heterocycles. The van der Waals surface area contributed by atoms with Crippen LogP contribution in [0.2, 0.25) is 0 Å². The second-order valence-corrected chi connectivity index (χ2v) is 4.27. The van der Waals surface area contributed by atoms with Crippen molar-refractivity contribution in [2.24, 2.45) is 0 Å². The average molecular weight is 234 g/mol. The van der Waals surface area contributed by atoms with Crippen LogP contribution in [0.25, 0.3) is 6.08 Å². The molecule has 3 nitrogen and oxygen atoms in total. The molecule has 0 saturated heterocycles. The van der Waals surface area contributed by atoms with Crippen molar-refractivity contribution in [1.29, 1.82) is 5.26 Å². The summed E-state index contributed by atoms with van der Waals surface area (Å²) in [6, 6.07) is 5.69. The van der Waals surface area contributed by atoms with E-state index in [4.69, 9.17) is 5.26 Å². The van der Waals surface area contributed by atoms with Gasteiger partial charge in [-0.25, -0.2) is 0 Å². The molecule has 4 heteroatoms. The number of hydrogen-bond donors (Lipinski definition) is 1. The number of hydrogen-bond acceptors (Lipinski definition) is 3. The van der Waals surface area contributed by atoms with Crippen molar-refractivity contribution in [3.8, 4) is 6.07 Å². The molecule has 0 aliphatic carbocycles. The van der Waals surface area contributed by atoms with E-state index in [0.29, 0.717) is 6.54 Å². The van der Waals surface area contributed by atoms with Gasteiger partial charge in [0.05, 0.1) is 0 Å². The molecular formula is C12H14N2OS. The van der Waals surface area contributed by atoms with Crippen LogP contribution in [0.15, 0.2) is 23.1 Å². The Morgan fingerprint density at radius 3 is 3.06 bits per heavy atom. The van der Waals surface area contributed by atoms with Crippen molar-refractivity contribution in [1.82, 2.24) is 5.32 Å². The summed E-state index contributed by atoms with van der Waals surface area (Å²) in [4.78, 5) is 12.5. The molecule has 1 rings (SSSR count). The fraction of sp³-hybridized carbons (Fsp3) is 0.333. The zero-order valence-corrected chi connectivity index (χ0v) is 10.0. The third-order valence-electron chi connectivity index (χ3n) is 2.01. The van der Waals surface area contributed by atoms with Gasteiger partial charge in [-0.2, -0.15) is 5.26 Å². The second-order valence-electron chi connectivity index (χ2n) is 3.29. The monoisotopic (exact) mass is 234 g/mol. The normalized spacial score (nSPS) is 10.9. The molecule has 16 heavy (non-hydrogen) atoms. The molecule has 1 aromatic heterocycles. The van der Waals surface area contributed by atoms with Crippen molar-refractivity contribution in [3.63, 3.8) is 0 Å². The molecule has 0 aliphatic rings. The number of rotatable bonds is 5. The Morgan fingerprint density at radius 2 is 2.50 bits per heavy atom. The quantitative estimate of drug-likeness (QED) is 0.483. The van der Waals surface area contributed by atoms with Crippen LogP contribution in [0.5, 0.6) is 0 Å². The highest BCUT2D eigenvalue weighted by molar-refractivity contribution is 7.10. The Morgan fingerprint density at radius 1 is 1.69 bits per heavy atom. The van der Waals surface area contributed by atoms with Crippen LogP contribution < -0.4 is 5.32 Å². The Labute approximate surface area is 99.4 Å². The number of nitrogens with one attached hydrogen (secondary N) is 1. The van der Waals surface area contributed by atoms with E-state index in [2.05, 4.69) is 12.2 Å². The summed E-state index contributed by atoms with van der Waals surface area (Å²) >= 11 is 1.50. The molecule has 1 N–H and O–H groups in total. The van der Waals surface area contributed by atoms with E-state index in [0.717, 1.165) is 17.7 Å². The molecule has 0 aromatic carbocycles. The predicted molar refractivity (Wildman–Crippen MR) is 65.8 cm³/mol. The highest BCUT2D eigenvalue weighted by atomic mass is 32.1. The molecule has 0 unspecified atom stereocenters. The van der Waals surface area contributed by atoms with E-state index in [1.807, 2.05) is 23.6 Å². The van der Waals surface area contributed by atoms with Gasteiger partial charge in [-0.3, -0.25) is 4.79 Å². The Hall–Kier alpha value is -1.60. The van der Waals surface area contributed by atoms with Gasteiger partial charge < -0.3 is 5.32 Å². The maximum absolute atomic E-state index is 11.6. The summed E-state index contributed by atoms with van der Waals surface area (Å²) < 4.78 is 0. The first kappa shape index (κ1) is 12.5. The van der Waals surface area contributed by atoms with Gasteiger partial charge in [0.2, 0.25) is 0 Å². The van der Waals surface area contributed by atoms with E-state index in [9.17, 15) is 4.79 Å². The van der Waals surface area contributed by atoms with Crippen LogP contribution in [0.3, 0.4) is 0 Å². The number of carbonyl (C=O) groups excluding carboxylic acids is 1. The topological polar surface area (TPSA) is 52.9 Å². The average Bonchev–Trinajstić information content (AvgIpc) is 2.78. The van der Waals surface area contributed by atoms with E-state index in [-0.39, 0.29) is 11.5 Å². The smallest absolute Gasteiger partial charge is 0.261 e. The molecule has 1 heterocycles. The van der Waals surface area contributed by atoms with Crippen LogP contribution in [-0.2, 0) is 4.79 Å². The van der Waals surface area contributed by atoms with Gasteiger partial charge in [-0.1, -0.05) is 19.4 Å². The number of unbranched alkanes of at least 4 members (excludes halogenated alkanes) is 1. The number of nitrogens with zero attached hydrogens (tertiary/aromatic N) is 1. The lowest BCUT2D eigenvalue weighted by molar-refractivity contribution is -0.117. The Bertz CT molecular complexity index is 401. The van der Waals surface area contributed by atoms with Crippen LogP contribution in [0.4, 0.5) is 0 Å². The summed E-state index contributed by atoms with van der Waals surface area (Å²) in [5.41, 5.74) is 0.165. The van der Waals surface area contributed by atoms with Crippen molar-refractivity contribution in [2.75, 3.05) is 6.54 Å². The van der Waals surface area contributed by atoms with Crippen LogP contribution in [0.1, 0.15) is 24.6 Å². The second kappa shape index (κ2) is 6.81. The first-order valence-corrected chi connectivity index (χ1v) is 6.09. The van der Waals surface area contributed by atoms with Gasteiger partial charge in [0.25, 0.3) is 5.91 Å². The van der Waals surface area contributed by atoms with Crippen molar-refractivity contribution < 1.29 is 4.79 Å². The number of amides is 1. The van der Waals surface area contributed by atoms with Gasteiger partial charge in [0.1, 0.15) is 11.6 Å². The first-order chi connectivity index (χ1) is 7.77. The summed E-state index contributed by atoms with van der Waals surface area (Å²) in [6.45, 7) is 2.68. The summed E-state index contributed by atoms with van der Waals surface area (Å²) in [5.74, 6) is -0.288. The van der Waals surface area contributed by atoms with E-state index in [1.54, 1.807) is 6.08 Å². The van der Waals surface area contributed by atoms with Crippen molar-refractivity contribution in [3.05, 3.63) is 28.0 Å². The summed E-state index contributed by atoms with van der Waals surface area (Å²) in [7, 11) is 0. The van der Waals surface area contributed by atoms with Crippen LogP contribution in [-0.4, -0.2) is 12.5 Å². The molecule has 1 aromatic rings. The van der Waals surface area contributed by atoms with E-state index in [1.165, 1.54) is 11.3 Å². The number of carbonyl (C=O) groups is 1. The minimum atomic E-state index is -0.288. The van der Waals surface area contributed by atoms with E-state index < -0.39 is 0 Å². The minimum absolute atomic E-state index is 0.165. The zero-order valence-electron chi connectivity index (χ0n) is 9.19. The standard InChI is InChI=1S/C12H14N2OS/c1-2-3-6-14-12(15)10(9-13)8-11-5-4-7-16-11/h4-5,7-8H,2-3,6H2,1H3,(H,14,15). The van der Waals surface area contributed by atoms with Gasteiger partial charge in [0.15, 0.2) is 0 Å². The van der Waals surface area contributed by atoms with Crippen molar-refractivity contribution >= 4 is 23.3 Å². The van der Waals surface area contributed by atoms with Crippen LogP contribution >= 0.6 is 11.3 Å². The lowest BCUT2D eigenvalue weighted by atomic mass is 10.2. The molecular weight excluding hydrogens is 220 g/mol. The molecule has 0 bridgehead atoms. The minimum Gasteiger partial charge on any atom is -0.351 e. The van der Waals surface area contributed by atoms with Gasteiger partial charge >= 0.3 is 0 Å². The number of nitriles is 1. The summed E-state index contributed by atoms with van der Waals surface area (Å²) in [5, 5.41) is 13.5.